The predicted octanol–water partition coefficient (Wildman–Crippen LogP) is 1.68. The van der Waals surface area contributed by atoms with Crippen LogP contribution in [0.25, 0.3) is 0 Å². The van der Waals surface area contributed by atoms with E-state index in [0.29, 0.717) is 11.1 Å². The van der Waals surface area contributed by atoms with Gasteiger partial charge in [0, 0.05) is 30.8 Å². The second-order valence-electron chi connectivity index (χ2n) is 5.69. The molecule has 0 saturated carbocycles. The lowest BCUT2D eigenvalue weighted by Crippen LogP contribution is -2.56. The van der Waals surface area contributed by atoms with Crippen molar-refractivity contribution >= 4 is 0 Å². The van der Waals surface area contributed by atoms with E-state index in [1.165, 1.54) is 25.8 Å². The lowest BCUT2D eigenvalue weighted by atomic mass is 9.88. The maximum absolute atomic E-state index is 5.43. The van der Waals surface area contributed by atoms with Gasteiger partial charge in [0.2, 0.25) is 0 Å². The second-order valence-corrected chi connectivity index (χ2v) is 5.69. The van der Waals surface area contributed by atoms with Crippen LogP contribution >= 0.6 is 0 Å². The zero-order valence-corrected chi connectivity index (χ0v) is 10.8. The van der Waals surface area contributed by atoms with E-state index in [1.807, 2.05) is 0 Å². The third-order valence-corrected chi connectivity index (χ3v) is 4.46. The van der Waals surface area contributed by atoms with E-state index >= 15 is 0 Å². The molecule has 3 heteroatoms. The van der Waals surface area contributed by atoms with Gasteiger partial charge in [-0.1, -0.05) is 6.92 Å². The van der Waals surface area contributed by atoms with Gasteiger partial charge in [-0.25, -0.2) is 0 Å². The summed E-state index contributed by atoms with van der Waals surface area (Å²) in [5.74, 6) is 0. The first-order valence-corrected chi connectivity index (χ1v) is 6.76. The summed E-state index contributed by atoms with van der Waals surface area (Å²) in [5.41, 5.74) is 0.659. The number of rotatable bonds is 4. The summed E-state index contributed by atoms with van der Waals surface area (Å²) in [6.07, 6.45) is 6.17. The Bertz CT molecular complexity index is 218. The van der Waals surface area contributed by atoms with Crippen molar-refractivity contribution in [3.8, 4) is 0 Å². The smallest absolute Gasteiger partial charge is 0.0483 e. The van der Waals surface area contributed by atoms with Crippen LogP contribution in [-0.2, 0) is 4.74 Å². The van der Waals surface area contributed by atoms with Gasteiger partial charge in [0.15, 0.2) is 0 Å². The molecule has 2 aliphatic rings. The monoisotopic (exact) mass is 226 g/mol. The zero-order chi connectivity index (χ0) is 11.5. The Morgan fingerprint density at radius 3 is 2.56 bits per heavy atom. The van der Waals surface area contributed by atoms with Gasteiger partial charge in [-0.05, 0) is 45.6 Å². The lowest BCUT2D eigenvalue weighted by molar-refractivity contribution is 0.0422. The van der Waals surface area contributed by atoms with E-state index in [4.69, 9.17) is 4.74 Å². The first-order chi connectivity index (χ1) is 7.68. The molecule has 2 heterocycles. The van der Waals surface area contributed by atoms with Gasteiger partial charge in [0.05, 0.1) is 0 Å². The summed E-state index contributed by atoms with van der Waals surface area (Å²) in [5, 5.41) is 7.47. The third kappa shape index (κ3) is 2.76. The van der Waals surface area contributed by atoms with E-state index in [0.717, 1.165) is 32.6 Å². The highest BCUT2D eigenvalue weighted by molar-refractivity contribution is 4.97. The highest BCUT2D eigenvalue weighted by Gasteiger charge is 2.34. The molecule has 0 aromatic carbocycles. The average molecular weight is 226 g/mol. The van der Waals surface area contributed by atoms with Gasteiger partial charge in [-0.15, -0.1) is 0 Å². The summed E-state index contributed by atoms with van der Waals surface area (Å²) >= 11 is 0. The molecule has 1 atom stereocenters. The number of ether oxygens (including phenoxy) is 1. The molecule has 0 bridgehead atoms. The van der Waals surface area contributed by atoms with Crippen LogP contribution in [-0.4, -0.2) is 37.4 Å². The molecule has 2 N–H and O–H groups in total. The summed E-state index contributed by atoms with van der Waals surface area (Å²) in [6.45, 7) is 8.77. The van der Waals surface area contributed by atoms with Gasteiger partial charge in [0.1, 0.15) is 0 Å². The van der Waals surface area contributed by atoms with Gasteiger partial charge in [-0.2, -0.15) is 0 Å². The van der Waals surface area contributed by atoms with Crippen LogP contribution in [0.1, 0.15) is 46.0 Å². The number of hydrogen-bond donors (Lipinski definition) is 2. The maximum Gasteiger partial charge on any atom is 0.0483 e. The summed E-state index contributed by atoms with van der Waals surface area (Å²) < 4.78 is 5.43. The van der Waals surface area contributed by atoms with E-state index < -0.39 is 0 Å². The van der Waals surface area contributed by atoms with Crippen molar-refractivity contribution in [2.24, 2.45) is 0 Å². The van der Waals surface area contributed by atoms with Gasteiger partial charge in [-0.3, -0.25) is 0 Å². The van der Waals surface area contributed by atoms with Crippen LogP contribution in [0.4, 0.5) is 0 Å². The fourth-order valence-corrected chi connectivity index (χ4v) is 2.83. The normalized spacial score (nSPS) is 34.1. The standard InChI is InChI=1S/C13H26N2O/c1-3-13(5-4-8-14-13)11-15-12(2)6-9-16-10-7-12/h14-15H,3-11H2,1-2H3. The van der Waals surface area contributed by atoms with Crippen molar-refractivity contribution in [2.45, 2.75) is 57.0 Å². The van der Waals surface area contributed by atoms with Crippen LogP contribution < -0.4 is 10.6 Å². The molecule has 2 saturated heterocycles. The molecule has 2 aliphatic heterocycles. The molecule has 1 unspecified atom stereocenters. The van der Waals surface area contributed by atoms with E-state index in [2.05, 4.69) is 24.5 Å². The summed E-state index contributed by atoms with van der Waals surface area (Å²) in [7, 11) is 0. The molecule has 0 radical (unpaired) electrons. The third-order valence-electron chi connectivity index (χ3n) is 4.46. The maximum atomic E-state index is 5.43. The summed E-state index contributed by atoms with van der Waals surface area (Å²) in [6, 6.07) is 0. The molecule has 94 valence electrons. The Labute approximate surface area is 99.3 Å². The van der Waals surface area contributed by atoms with Gasteiger partial charge < -0.3 is 15.4 Å². The van der Waals surface area contributed by atoms with Crippen LogP contribution in [0.2, 0.25) is 0 Å². The lowest BCUT2D eigenvalue weighted by Gasteiger charge is -2.39. The van der Waals surface area contributed by atoms with Crippen LogP contribution in [0.5, 0.6) is 0 Å². The topological polar surface area (TPSA) is 33.3 Å². The molecule has 0 aliphatic carbocycles. The average Bonchev–Trinajstić information content (AvgIpc) is 2.77. The Morgan fingerprint density at radius 1 is 1.25 bits per heavy atom. The first-order valence-electron chi connectivity index (χ1n) is 6.76. The van der Waals surface area contributed by atoms with Crippen molar-refractivity contribution in [1.29, 1.82) is 0 Å². The van der Waals surface area contributed by atoms with Crippen molar-refractivity contribution < 1.29 is 4.74 Å². The molecule has 2 fully saturated rings. The van der Waals surface area contributed by atoms with E-state index in [1.54, 1.807) is 0 Å². The highest BCUT2D eigenvalue weighted by atomic mass is 16.5. The molecule has 16 heavy (non-hydrogen) atoms. The number of nitrogens with one attached hydrogen (secondary N) is 2. The molecule has 0 aromatic heterocycles. The molecule has 2 rings (SSSR count). The predicted molar refractivity (Wildman–Crippen MR) is 66.7 cm³/mol. The largest absolute Gasteiger partial charge is 0.381 e. The minimum Gasteiger partial charge on any atom is -0.381 e. The van der Waals surface area contributed by atoms with Crippen molar-refractivity contribution in [3.05, 3.63) is 0 Å². The highest BCUT2D eigenvalue weighted by Crippen LogP contribution is 2.25. The first kappa shape index (κ1) is 12.3. The van der Waals surface area contributed by atoms with Gasteiger partial charge in [0.25, 0.3) is 0 Å². The van der Waals surface area contributed by atoms with Crippen LogP contribution in [0.3, 0.4) is 0 Å². The Kier molecular flexibility index (Phi) is 3.88. The molecule has 3 nitrogen and oxygen atoms in total. The molecule has 0 amide bonds. The Balaban J connectivity index is 1.85. The molecular weight excluding hydrogens is 200 g/mol. The zero-order valence-electron chi connectivity index (χ0n) is 10.8. The molecular formula is C13H26N2O. The van der Waals surface area contributed by atoms with Crippen LogP contribution in [0.15, 0.2) is 0 Å². The minimum absolute atomic E-state index is 0.296. The minimum atomic E-state index is 0.296. The Hall–Kier alpha value is -0.120. The SMILES string of the molecule is CCC1(CNC2(C)CCOCC2)CCCN1. The van der Waals surface area contributed by atoms with Gasteiger partial charge >= 0.3 is 0 Å². The molecule has 0 aromatic rings. The van der Waals surface area contributed by atoms with E-state index in [9.17, 15) is 0 Å². The summed E-state index contributed by atoms with van der Waals surface area (Å²) in [4.78, 5) is 0. The molecule has 0 spiro atoms. The van der Waals surface area contributed by atoms with Crippen molar-refractivity contribution in [1.82, 2.24) is 10.6 Å². The second kappa shape index (κ2) is 5.03. The quantitative estimate of drug-likeness (QED) is 0.765. The van der Waals surface area contributed by atoms with E-state index in [-0.39, 0.29) is 0 Å². The van der Waals surface area contributed by atoms with Crippen molar-refractivity contribution in [2.75, 3.05) is 26.3 Å². The Morgan fingerprint density at radius 2 is 2.00 bits per heavy atom. The fourth-order valence-electron chi connectivity index (χ4n) is 2.83. The number of hydrogen-bond acceptors (Lipinski definition) is 3. The van der Waals surface area contributed by atoms with Crippen LogP contribution in [0, 0.1) is 0 Å². The fraction of sp³-hybridized carbons (Fsp3) is 1.00. The van der Waals surface area contributed by atoms with Crippen molar-refractivity contribution in [3.63, 3.8) is 0 Å².